The van der Waals surface area contributed by atoms with Crippen LogP contribution >= 0.6 is 0 Å². The first kappa shape index (κ1) is 17.2. The summed E-state index contributed by atoms with van der Waals surface area (Å²) in [6.07, 6.45) is 0. The van der Waals surface area contributed by atoms with E-state index in [1.165, 1.54) is 30.7 Å². The van der Waals surface area contributed by atoms with Crippen molar-refractivity contribution >= 4 is 0 Å². The minimum Gasteiger partial charge on any atom is -0.324 e. The van der Waals surface area contributed by atoms with Gasteiger partial charge in [-0.15, -0.1) is 0 Å². The molecule has 0 heterocycles. The van der Waals surface area contributed by atoms with E-state index in [1.54, 1.807) is 0 Å². The molecule has 0 aliphatic rings. The molecule has 0 aromatic heterocycles. The molecule has 0 radical (unpaired) electrons. The predicted octanol–water partition coefficient (Wildman–Crippen LogP) is 3.15. The molecule has 0 aliphatic heterocycles. The molecule has 0 saturated heterocycles. The van der Waals surface area contributed by atoms with Crippen LogP contribution in [0.4, 0.5) is 0 Å². The molecule has 0 aliphatic carbocycles. The minimum atomic E-state index is 0. The van der Waals surface area contributed by atoms with E-state index in [0.29, 0.717) is 0 Å². The smallest absolute Gasteiger partial charge is 0.324 e. The first-order chi connectivity index (χ1) is 5.95. The van der Waals surface area contributed by atoms with Crippen LogP contribution in [0.5, 0.6) is 0 Å². The van der Waals surface area contributed by atoms with Gasteiger partial charge in [-0.3, -0.25) is 0 Å². The number of quaternary nitrogens is 1. The van der Waals surface area contributed by atoms with E-state index < -0.39 is 0 Å². The Morgan fingerprint density at radius 2 is 1.07 bits per heavy atom. The van der Waals surface area contributed by atoms with Crippen molar-refractivity contribution in [2.75, 3.05) is 26.2 Å². The average Bonchev–Trinajstić information content (AvgIpc) is 2.01. The molecule has 0 spiro atoms. The zero-order valence-corrected chi connectivity index (χ0v) is 13.4. The van der Waals surface area contributed by atoms with Crippen LogP contribution in [0.1, 0.15) is 41.5 Å². The van der Waals surface area contributed by atoms with Gasteiger partial charge in [0.2, 0.25) is 0 Å². The normalized spacial score (nSPS) is 12.0. The van der Waals surface area contributed by atoms with Crippen molar-refractivity contribution in [2.45, 2.75) is 41.5 Å². The maximum atomic E-state index is 2.33. The SMILES string of the molecule is CC[N+](CC)(CC(C)C)CC(C)C.[Zr+4]. The van der Waals surface area contributed by atoms with E-state index in [9.17, 15) is 0 Å². The van der Waals surface area contributed by atoms with E-state index in [-0.39, 0.29) is 26.2 Å². The van der Waals surface area contributed by atoms with Gasteiger partial charge in [0, 0.05) is 11.8 Å². The van der Waals surface area contributed by atoms with Crippen molar-refractivity contribution in [3.8, 4) is 0 Å². The van der Waals surface area contributed by atoms with Crippen LogP contribution in [-0.4, -0.2) is 30.7 Å². The first-order valence-electron chi connectivity index (χ1n) is 5.81. The summed E-state index contributed by atoms with van der Waals surface area (Å²) in [6.45, 7) is 19.2. The van der Waals surface area contributed by atoms with E-state index >= 15 is 0 Å². The van der Waals surface area contributed by atoms with E-state index in [2.05, 4.69) is 41.5 Å². The summed E-state index contributed by atoms with van der Waals surface area (Å²) >= 11 is 0. The Labute approximate surface area is 110 Å². The summed E-state index contributed by atoms with van der Waals surface area (Å²) < 4.78 is 1.30. The Morgan fingerprint density at radius 3 is 1.21 bits per heavy atom. The van der Waals surface area contributed by atoms with Crippen LogP contribution < -0.4 is 0 Å². The van der Waals surface area contributed by atoms with Gasteiger partial charge in [0.05, 0.1) is 26.2 Å². The molecule has 0 saturated carbocycles. The molecule has 1 nitrogen and oxygen atoms in total. The first-order valence-corrected chi connectivity index (χ1v) is 5.81. The van der Waals surface area contributed by atoms with Crippen LogP contribution in [0.3, 0.4) is 0 Å². The van der Waals surface area contributed by atoms with Crippen molar-refractivity contribution in [2.24, 2.45) is 11.8 Å². The van der Waals surface area contributed by atoms with Gasteiger partial charge in [-0.25, -0.2) is 0 Å². The fourth-order valence-corrected chi connectivity index (χ4v) is 2.36. The fourth-order valence-electron chi connectivity index (χ4n) is 2.36. The van der Waals surface area contributed by atoms with Gasteiger partial charge in [0.15, 0.2) is 0 Å². The average molecular weight is 278 g/mol. The Bertz CT molecular complexity index is 116. The van der Waals surface area contributed by atoms with Gasteiger partial charge in [-0.05, 0) is 13.8 Å². The summed E-state index contributed by atoms with van der Waals surface area (Å²) in [5, 5.41) is 0. The molecule has 80 valence electrons. The summed E-state index contributed by atoms with van der Waals surface area (Å²) in [5.74, 6) is 1.64. The van der Waals surface area contributed by atoms with Crippen molar-refractivity contribution in [1.29, 1.82) is 0 Å². The van der Waals surface area contributed by atoms with Crippen LogP contribution in [0.2, 0.25) is 0 Å². The van der Waals surface area contributed by atoms with Crippen LogP contribution in [-0.2, 0) is 26.2 Å². The molecule has 0 fully saturated rings. The molecule has 0 unspecified atom stereocenters. The number of nitrogens with zero attached hydrogens (tertiary/aromatic N) is 1. The van der Waals surface area contributed by atoms with Crippen molar-refractivity contribution in [3.63, 3.8) is 0 Å². The molecule has 14 heavy (non-hydrogen) atoms. The maximum absolute atomic E-state index is 2.33. The molecule has 0 aromatic rings. The molecular formula is C12H28NZr+5. The Balaban J connectivity index is 0. The van der Waals surface area contributed by atoms with Gasteiger partial charge in [-0.1, -0.05) is 27.7 Å². The summed E-state index contributed by atoms with van der Waals surface area (Å²) in [5.41, 5.74) is 0. The Hall–Kier alpha value is 0.843. The Kier molecular flexibility index (Phi) is 9.91. The maximum Gasteiger partial charge on any atom is 4.00 e. The van der Waals surface area contributed by atoms with Gasteiger partial charge in [0.25, 0.3) is 0 Å². The van der Waals surface area contributed by atoms with E-state index in [0.717, 1.165) is 11.8 Å². The minimum absolute atomic E-state index is 0. The molecular weight excluding hydrogens is 249 g/mol. The molecule has 0 rings (SSSR count). The third-order valence-electron chi connectivity index (χ3n) is 2.85. The van der Waals surface area contributed by atoms with Gasteiger partial charge < -0.3 is 4.48 Å². The van der Waals surface area contributed by atoms with Crippen molar-refractivity contribution < 1.29 is 30.7 Å². The second-order valence-corrected chi connectivity index (χ2v) is 5.13. The zero-order valence-electron chi connectivity index (χ0n) is 10.9. The Morgan fingerprint density at radius 1 is 0.786 bits per heavy atom. The third-order valence-corrected chi connectivity index (χ3v) is 2.85. The number of rotatable bonds is 6. The second-order valence-electron chi connectivity index (χ2n) is 5.13. The summed E-state index contributed by atoms with van der Waals surface area (Å²) in [6, 6.07) is 0. The van der Waals surface area contributed by atoms with E-state index in [4.69, 9.17) is 0 Å². The largest absolute Gasteiger partial charge is 4.00 e. The molecule has 0 N–H and O–H groups in total. The van der Waals surface area contributed by atoms with Crippen molar-refractivity contribution in [3.05, 3.63) is 0 Å². The van der Waals surface area contributed by atoms with Crippen LogP contribution in [0.25, 0.3) is 0 Å². The van der Waals surface area contributed by atoms with Crippen LogP contribution in [0, 0.1) is 11.8 Å². The molecule has 2 heteroatoms. The molecule has 0 amide bonds. The quantitative estimate of drug-likeness (QED) is 0.654. The fraction of sp³-hybridized carbons (Fsp3) is 1.00. The van der Waals surface area contributed by atoms with Gasteiger partial charge in [0.1, 0.15) is 0 Å². The van der Waals surface area contributed by atoms with Gasteiger partial charge >= 0.3 is 26.2 Å². The van der Waals surface area contributed by atoms with Gasteiger partial charge in [-0.2, -0.15) is 0 Å². The molecule has 0 aromatic carbocycles. The summed E-state index contributed by atoms with van der Waals surface area (Å²) in [7, 11) is 0. The number of hydrogen-bond donors (Lipinski definition) is 0. The van der Waals surface area contributed by atoms with Crippen molar-refractivity contribution in [1.82, 2.24) is 0 Å². The second kappa shape index (κ2) is 8.05. The molecule has 0 atom stereocenters. The van der Waals surface area contributed by atoms with Crippen LogP contribution in [0.15, 0.2) is 0 Å². The summed E-state index contributed by atoms with van der Waals surface area (Å²) in [4.78, 5) is 0. The van der Waals surface area contributed by atoms with E-state index in [1.807, 2.05) is 0 Å². The predicted molar refractivity (Wildman–Crippen MR) is 60.8 cm³/mol. The number of hydrogen-bond acceptors (Lipinski definition) is 0. The molecule has 0 bridgehead atoms. The zero-order chi connectivity index (χ0) is 10.5. The monoisotopic (exact) mass is 276 g/mol. The third kappa shape index (κ3) is 6.35. The standard InChI is InChI=1S/C12H28N.Zr/c1-7-13(8-2,9-11(3)4)10-12(5)6;/h11-12H,7-10H2,1-6H3;/q+1;+4. The topological polar surface area (TPSA) is 0 Å².